The molecule has 0 fully saturated rings. The number of hydrogen-bond donors (Lipinski definition) is 0. The Morgan fingerprint density at radius 1 is 0.288 bits per heavy atom. The molecule has 0 aliphatic heterocycles. The molecule has 0 bridgehead atoms. The molecule has 0 radical (unpaired) electrons. The van der Waals surface area contributed by atoms with Gasteiger partial charge in [-0.15, -0.1) is 0 Å². The van der Waals surface area contributed by atoms with Gasteiger partial charge in [-0.3, -0.25) is 14.4 Å². The van der Waals surface area contributed by atoms with E-state index >= 15 is 0 Å². The van der Waals surface area contributed by atoms with Crippen molar-refractivity contribution in [3.05, 3.63) is 109 Å². The first-order valence-corrected chi connectivity index (χ1v) is 30.4. The van der Waals surface area contributed by atoms with Gasteiger partial charge in [0.2, 0.25) is 0 Å². The second kappa shape index (κ2) is 60.6. The average molecular weight is 1010 g/mol. The van der Waals surface area contributed by atoms with Crippen LogP contribution in [0.2, 0.25) is 0 Å². The third-order valence-electron chi connectivity index (χ3n) is 12.7. The lowest BCUT2D eigenvalue weighted by molar-refractivity contribution is -0.167. The van der Waals surface area contributed by atoms with Crippen LogP contribution in [0.1, 0.15) is 278 Å². The van der Waals surface area contributed by atoms with Crippen molar-refractivity contribution >= 4 is 17.9 Å². The van der Waals surface area contributed by atoms with Crippen LogP contribution in [0.3, 0.4) is 0 Å². The highest BCUT2D eigenvalue weighted by Gasteiger charge is 2.19. The van der Waals surface area contributed by atoms with Crippen LogP contribution in [0.5, 0.6) is 0 Å². The number of hydrogen-bond acceptors (Lipinski definition) is 6. The molecule has 0 N–H and O–H groups in total. The lowest BCUT2D eigenvalue weighted by atomic mass is 10.0. The first-order valence-electron chi connectivity index (χ1n) is 30.4. The third-order valence-corrected chi connectivity index (χ3v) is 12.7. The minimum Gasteiger partial charge on any atom is -0.462 e. The Morgan fingerprint density at radius 3 is 0.849 bits per heavy atom. The monoisotopic (exact) mass is 1010 g/mol. The molecule has 0 aromatic heterocycles. The Bertz CT molecular complexity index is 1490. The van der Waals surface area contributed by atoms with Gasteiger partial charge in [-0.25, -0.2) is 0 Å². The van der Waals surface area contributed by atoms with Crippen LogP contribution in [-0.2, 0) is 28.6 Å². The first kappa shape index (κ1) is 69.1. The molecule has 416 valence electrons. The number of carbonyl (C=O) groups is 3. The van der Waals surface area contributed by atoms with E-state index in [0.29, 0.717) is 19.3 Å². The average Bonchev–Trinajstić information content (AvgIpc) is 3.39. The van der Waals surface area contributed by atoms with E-state index < -0.39 is 6.10 Å². The number of esters is 3. The molecule has 0 amide bonds. The van der Waals surface area contributed by atoms with Crippen molar-refractivity contribution < 1.29 is 28.6 Å². The highest BCUT2D eigenvalue weighted by atomic mass is 16.6. The molecule has 0 spiro atoms. The zero-order chi connectivity index (χ0) is 52.9. The largest absolute Gasteiger partial charge is 0.462 e. The van der Waals surface area contributed by atoms with Gasteiger partial charge < -0.3 is 14.2 Å². The minimum atomic E-state index is -0.801. The summed E-state index contributed by atoms with van der Waals surface area (Å²) in [5.41, 5.74) is 0. The van der Waals surface area contributed by atoms with Crippen molar-refractivity contribution in [1.82, 2.24) is 0 Å². The van der Waals surface area contributed by atoms with Gasteiger partial charge in [-0.2, -0.15) is 0 Å². The molecule has 6 heteroatoms. The van der Waals surface area contributed by atoms with Crippen LogP contribution >= 0.6 is 0 Å². The van der Waals surface area contributed by atoms with Crippen LogP contribution < -0.4 is 0 Å². The minimum absolute atomic E-state index is 0.0955. The molecular weight excluding hydrogens is 901 g/mol. The van der Waals surface area contributed by atoms with Gasteiger partial charge in [0.25, 0.3) is 0 Å². The maximum absolute atomic E-state index is 12.9. The molecule has 0 rings (SSSR count). The van der Waals surface area contributed by atoms with Crippen LogP contribution in [0.4, 0.5) is 0 Å². The molecule has 0 aliphatic rings. The van der Waals surface area contributed by atoms with E-state index in [2.05, 4.69) is 130 Å². The van der Waals surface area contributed by atoms with E-state index in [1.807, 2.05) is 0 Å². The molecule has 0 saturated carbocycles. The molecule has 0 aromatic rings. The fourth-order valence-corrected chi connectivity index (χ4v) is 8.24. The van der Waals surface area contributed by atoms with Gasteiger partial charge in [-0.05, 0) is 122 Å². The first-order chi connectivity index (χ1) is 36.0. The summed E-state index contributed by atoms with van der Waals surface area (Å²) in [6.07, 6.45) is 82.3. The Hall–Kier alpha value is -3.93. The molecule has 1 atom stereocenters. The normalized spacial score (nSPS) is 12.9. The molecule has 1 unspecified atom stereocenters. The Kier molecular flexibility index (Phi) is 57.4. The van der Waals surface area contributed by atoms with Gasteiger partial charge in [0.15, 0.2) is 6.10 Å². The van der Waals surface area contributed by atoms with Gasteiger partial charge in [0.05, 0.1) is 0 Å². The summed E-state index contributed by atoms with van der Waals surface area (Å²) in [6, 6.07) is 0. The second-order valence-corrected chi connectivity index (χ2v) is 19.8. The van der Waals surface area contributed by atoms with E-state index in [1.54, 1.807) is 0 Å². The summed E-state index contributed by atoms with van der Waals surface area (Å²) in [4.78, 5) is 38.2. The summed E-state index contributed by atoms with van der Waals surface area (Å²) >= 11 is 0. The maximum Gasteiger partial charge on any atom is 0.306 e. The maximum atomic E-state index is 12.9. The van der Waals surface area contributed by atoms with Crippen molar-refractivity contribution in [3.8, 4) is 0 Å². The number of rotatable bonds is 54. The fourth-order valence-electron chi connectivity index (χ4n) is 8.24. The van der Waals surface area contributed by atoms with Crippen molar-refractivity contribution in [3.63, 3.8) is 0 Å². The number of ether oxygens (including phenoxy) is 3. The van der Waals surface area contributed by atoms with Crippen LogP contribution in [-0.4, -0.2) is 37.2 Å². The van der Waals surface area contributed by atoms with Crippen LogP contribution in [0, 0.1) is 0 Å². The summed E-state index contributed by atoms with van der Waals surface area (Å²) in [7, 11) is 0. The third kappa shape index (κ3) is 58.8. The zero-order valence-electron chi connectivity index (χ0n) is 47.6. The molecule has 73 heavy (non-hydrogen) atoms. The van der Waals surface area contributed by atoms with Gasteiger partial charge in [0, 0.05) is 19.3 Å². The van der Waals surface area contributed by atoms with Gasteiger partial charge in [-0.1, -0.05) is 246 Å². The number of carbonyl (C=O) groups excluding carboxylic acids is 3. The Balaban J connectivity index is 4.38. The van der Waals surface area contributed by atoms with Gasteiger partial charge >= 0.3 is 17.9 Å². The van der Waals surface area contributed by atoms with Crippen molar-refractivity contribution in [2.45, 2.75) is 284 Å². The van der Waals surface area contributed by atoms with Crippen molar-refractivity contribution in [1.29, 1.82) is 0 Å². The molecule has 0 saturated heterocycles. The molecule has 0 aliphatic carbocycles. The lowest BCUT2D eigenvalue weighted by Crippen LogP contribution is -2.30. The highest BCUT2D eigenvalue weighted by Crippen LogP contribution is 2.15. The van der Waals surface area contributed by atoms with Crippen LogP contribution in [0.25, 0.3) is 0 Å². The summed E-state index contributed by atoms with van der Waals surface area (Å²) in [5.74, 6) is -0.939. The Morgan fingerprint density at radius 2 is 0.534 bits per heavy atom. The van der Waals surface area contributed by atoms with Crippen molar-refractivity contribution in [2.75, 3.05) is 13.2 Å². The molecule has 6 nitrogen and oxygen atoms in total. The van der Waals surface area contributed by atoms with Gasteiger partial charge in [0.1, 0.15) is 13.2 Å². The summed E-state index contributed by atoms with van der Waals surface area (Å²) in [6.45, 7) is 6.37. The predicted octanol–water partition coefficient (Wildman–Crippen LogP) is 20.7. The van der Waals surface area contributed by atoms with Crippen LogP contribution in [0.15, 0.2) is 109 Å². The Labute approximate surface area is 450 Å². The van der Waals surface area contributed by atoms with E-state index in [4.69, 9.17) is 14.2 Å². The highest BCUT2D eigenvalue weighted by molar-refractivity contribution is 5.71. The molecule has 0 heterocycles. The molecular formula is C67H112O6. The van der Waals surface area contributed by atoms with E-state index in [0.717, 1.165) is 128 Å². The standard InChI is InChI=1S/C67H112O6/c1-4-7-10-13-16-19-22-25-27-29-31-32-33-34-36-37-39-42-45-48-51-54-57-60-66(69)72-63-64(62-71-65(68)59-56-53-50-47-44-41-24-21-18-15-12-9-6-3)73-67(70)61-58-55-52-49-46-43-40-38-35-30-28-26-23-20-17-14-11-8-5-2/h8-9,11-12,17-18,20-22,25-26,28-29,31,35,38,41,44,64H,4-7,10,13-16,19,23-24,27,30,32-34,36-37,39-40,42-43,45-63H2,1-3H3/b11-8-,12-9-,20-17-,21-18-,25-22-,28-26-,31-29-,38-35-,44-41-. The van der Waals surface area contributed by atoms with E-state index in [9.17, 15) is 14.4 Å². The summed E-state index contributed by atoms with van der Waals surface area (Å²) < 4.78 is 16.9. The quantitative estimate of drug-likeness (QED) is 0.0261. The fraction of sp³-hybridized carbons (Fsp3) is 0.687. The predicted molar refractivity (Wildman–Crippen MR) is 316 cm³/mol. The number of allylic oxidation sites excluding steroid dienone is 18. The topological polar surface area (TPSA) is 78.9 Å². The molecule has 0 aromatic carbocycles. The SMILES string of the molecule is CC/C=C\C/C=C\C/C=C\C/C=C\CCCCCCCCC(=O)OC(COC(=O)CCCCC/C=C\C/C=C\C/C=C\CC)COC(=O)CCCCCCCCCCCCC/C=C\C/C=C\CCCCCCC. The van der Waals surface area contributed by atoms with E-state index in [1.165, 1.54) is 109 Å². The zero-order valence-corrected chi connectivity index (χ0v) is 47.6. The van der Waals surface area contributed by atoms with E-state index in [-0.39, 0.29) is 31.1 Å². The second-order valence-electron chi connectivity index (χ2n) is 19.8. The summed E-state index contributed by atoms with van der Waals surface area (Å²) in [5, 5.41) is 0. The number of unbranched alkanes of at least 4 members (excludes halogenated alkanes) is 25. The lowest BCUT2D eigenvalue weighted by Gasteiger charge is -2.18. The smallest absolute Gasteiger partial charge is 0.306 e. The van der Waals surface area contributed by atoms with Crippen molar-refractivity contribution in [2.24, 2.45) is 0 Å².